The van der Waals surface area contributed by atoms with E-state index in [0.717, 1.165) is 30.4 Å². The minimum absolute atomic E-state index is 0.139. The molecule has 0 heterocycles. The molecule has 9 aliphatic carbocycles. The molecule has 0 aromatic heterocycles. The summed E-state index contributed by atoms with van der Waals surface area (Å²) in [5.74, 6) is 4.40. The Morgan fingerprint density at radius 3 is 1.68 bits per heavy atom. The molecule has 4 aromatic rings. The summed E-state index contributed by atoms with van der Waals surface area (Å²) in [6, 6.07) is 18.2. The molecular formula is C46H40O8P2. The van der Waals surface area contributed by atoms with Crippen LogP contribution >= 0.6 is 15.6 Å². The largest absolute Gasteiger partial charge is 0.527 e. The van der Waals surface area contributed by atoms with Crippen molar-refractivity contribution in [2.75, 3.05) is 6.61 Å². The van der Waals surface area contributed by atoms with E-state index in [-0.39, 0.29) is 42.4 Å². The summed E-state index contributed by atoms with van der Waals surface area (Å²) in [6.07, 6.45) is 15.2. The van der Waals surface area contributed by atoms with Crippen molar-refractivity contribution >= 4 is 15.6 Å². The van der Waals surface area contributed by atoms with Gasteiger partial charge in [0, 0.05) is 70.1 Å². The summed E-state index contributed by atoms with van der Waals surface area (Å²) in [7, 11) is -9.70. The van der Waals surface area contributed by atoms with Gasteiger partial charge >= 0.3 is 15.6 Å². The third-order valence-corrected chi connectivity index (χ3v) is 16.9. The molecule has 9 aliphatic rings. The van der Waals surface area contributed by atoms with E-state index >= 15 is 0 Å². The number of hydrogen-bond acceptors (Lipinski definition) is 5. The SMILES string of the molecule is C#CCCOP(=O)(O)Oc1c2c(c(OP(=O)(O)O)c3c1C1CC3c3cc4c(cc31)[C@@H]1CC4c3ccccc31)C1CC2c2cc3c(cc21)C1CC3C2CCCC=C12. The van der Waals surface area contributed by atoms with E-state index in [1.807, 2.05) is 0 Å². The summed E-state index contributed by atoms with van der Waals surface area (Å²) in [6.45, 7) is -0.139. The van der Waals surface area contributed by atoms with E-state index in [9.17, 15) is 23.8 Å². The maximum atomic E-state index is 13.9. The van der Waals surface area contributed by atoms with Gasteiger partial charge in [-0.2, -0.15) is 0 Å². The standard InChI is InChI=1S/C46H40O8P2/c1-2-3-12-52-56(50,51)54-46-43-39-19-37(33-15-29-25-13-27(31(29)17-35(33)39)23-10-6-4-8-21(23)25)41(43)45(53-55(47,48)49)42-38-20-40(44(42)46)36-18-32-28-14-26(30(32)16-34(36)38)22-9-5-7-11-24(22)28/h1,4,6,8-10,15-18,24-28,37-40H,3,5,7,11-14,19-20H2,(H,50,51)(H2,47,48,49)/t24?,25?,26?,27-,28?,37?,38?,39?,40?/m1/s1. The smallest absolute Gasteiger partial charge is 0.404 e. The Bertz CT molecular complexity index is 2700. The van der Waals surface area contributed by atoms with Gasteiger partial charge in [0.25, 0.3) is 0 Å². The zero-order valence-corrected chi connectivity index (χ0v) is 32.4. The van der Waals surface area contributed by atoms with Crippen LogP contribution in [-0.4, -0.2) is 21.3 Å². The number of hydrogen-bond donors (Lipinski definition) is 3. The molecule has 3 N–H and O–H groups in total. The average molecular weight is 783 g/mol. The maximum Gasteiger partial charge on any atom is 0.527 e. The van der Waals surface area contributed by atoms with Crippen molar-refractivity contribution in [3.8, 4) is 23.8 Å². The van der Waals surface area contributed by atoms with Crippen molar-refractivity contribution in [1.29, 1.82) is 0 Å². The normalized spacial score (nSPS) is 31.4. The molecule has 1 saturated carbocycles. The van der Waals surface area contributed by atoms with Gasteiger partial charge in [0.15, 0.2) is 0 Å². The first-order valence-corrected chi connectivity index (χ1v) is 23.3. The van der Waals surface area contributed by atoms with Gasteiger partial charge < -0.3 is 9.05 Å². The second kappa shape index (κ2) is 11.0. The van der Waals surface area contributed by atoms with Crippen LogP contribution in [0.3, 0.4) is 0 Å². The number of fused-ring (bicyclic) bond motifs is 32. The summed E-state index contributed by atoms with van der Waals surface area (Å²) < 4.78 is 44.6. The van der Waals surface area contributed by atoms with Gasteiger partial charge in [-0.1, -0.05) is 60.2 Å². The van der Waals surface area contributed by atoms with Crippen LogP contribution in [0.5, 0.6) is 11.5 Å². The minimum atomic E-state index is -5.03. The molecule has 1 fully saturated rings. The Balaban J connectivity index is 1.01. The number of rotatable bonds is 7. The minimum Gasteiger partial charge on any atom is -0.404 e. The van der Waals surface area contributed by atoms with Crippen LogP contribution in [0.4, 0.5) is 0 Å². The maximum absolute atomic E-state index is 13.9. The number of benzene rings is 4. The Morgan fingerprint density at radius 1 is 0.625 bits per heavy atom. The van der Waals surface area contributed by atoms with Crippen molar-refractivity contribution in [3.05, 3.63) is 138 Å². The molecule has 8 nitrogen and oxygen atoms in total. The summed E-state index contributed by atoms with van der Waals surface area (Å²) in [5.41, 5.74) is 17.4. The Hall–Kier alpha value is -3.92. The number of terminal acetylenes is 1. The third-order valence-electron chi connectivity index (χ3n) is 15.5. The highest BCUT2D eigenvalue weighted by Gasteiger charge is 2.57. The average Bonchev–Trinajstić information content (AvgIpc) is 4.05. The van der Waals surface area contributed by atoms with Gasteiger partial charge in [-0.3, -0.25) is 19.2 Å². The Kier molecular flexibility index (Phi) is 6.48. The lowest BCUT2D eigenvalue weighted by molar-refractivity contribution is 0.206. The molecule has 8 bridgehead atoms. The molecule has 282 valence electrons. The summed E-state index contributed by atoms with van der Waals surface area (Å²) in [5, 5.41) is 0. The zero-order valence-electron chi connectivity index (χ0n) is 30.6. The second-order valence-electron chi connectivity index (χ2n) is 17.7. The van der Waals surface area contributed by atoms with Crippen LogP contribution in [0.15, 0.2) is 60.2 Å². The predicted octanol–water partition coefficient (Wildman–Crippen LogP) is 9.93. The van der Waals surface area contributed by atoms with Crippen molar-refractivity contribution in [3.63, 3.8) is 0 Å². The summed E-state index contributed by atoms with van der Waals surface area (Å²) in [4.78, 5) is 32.5. The molecule has 13 rings (SSSR count). The molecule has 4 aromatic carbocycles. The summed E-state index contributed by atoms with van der Waals surface area (Å²) >= 11 is 0. The predicted molar refractivity (Wildman–Crippen MR) is 209 cm³/mol. The first kappa shape index (κ1) is 33.1. The first-order chi connectivity index (χ1) is 27.1. The third kappa shape index (κ3) is 4.17. The number of phosphoric ester groups is 2. The fourth-order valence-corrected chi connectivity index (χ4v) is 15.1. The van der Waals surface area contributed by atoms with Crippen LogP contribution in [0, 0.1) is 18.3 Å². The van der Waals surface area contributed by atoms with E-state index in [1.54, 1.807) is 5.57 Å². The highest BCUT2D eigenvalue weighted by atomic mass is 31.2. The van der Waals surface area contributed by atoms with Gasteiger partial charge in [0.1, 0.15) is 11.5 Å². The molecule has 0 saturated heterocycles. The number of phosphoric acid groups is 2. The van der Waals surface area contributed by atoms with Crippen molar-refractivity contribution in [2.24, 2.45) is 5.92 Å². The van der Waals surface area contributed by atoms with Crippen LogP contribution in [-0.2, 0) is 13.7 Å². The van der Waals surface area contributed by atoms with Gasteiger partial charge in [0.05, 0.1) is 6.61 Å². The van der Waals surface area contributed by atoms with E-state index in [4.69, 9.17) is 20.0 Å². The van der Waals surface area contributed by atoms with Gasteiger partial charge in [-0.15, -0.1) is 12.3 Å². The van der Waals surface area contributed by atoms with Crippen LogP contribution in [0.1, 0.15) is 177 Å². The second-order valence-corrected chi connectivity index (χ2v) is 20.3. The fraction of sp³-hybridized carbons (Fsp3) is 0.391. The molecule has 0 radical (unpaired) electrons. The van der Waals surface area contributed by atoms with Gasteiger partial charge in [-0.05, 0) is 112 Å². The highest BCUT2D eigenvalue weighted by Crippen LogP contribution is 2.73. The molecule has 9 unspecified atom stereocenters. The van der Waals surface area contributed by atoms with Crippen molar-refractivity contribution in [2.45, 2.75) is 98.7 Å². The lowest BCUT2D eigenvalue weighted by atomic mass is 9.72. The fourth-order valence-electron chi connectivity index (χ4n) is 13.9. The Morgan fingerprint density at radius 2 is 1.12 bits per heavy atom. The molecule has 10 heteroatoms. The van der Waals surface area contributed by atoms with E-state index in [2.05, 4.69) is 60.5 Å². The molecule has 10 atom stereocenters. The number of allylic oxidation sites excluding steroid dienone is 2. The molecule has 0 spiro atoms. The van der Waals surface area contributed by atoms with E-state index in [1.165, 1.54) is 57.3 Å². The van der Waals surface area contributed by atoms with Gasteiger partial charge in [-0.25, -0.2) is 9.13 Å². The van der Waals surface area contributed by atoms with Crippen LogP contribution in [0.2, 0.25) is 0 Å². The lowest BCUT2D eigenvalue weighted by Crippen LogP contribution is -2.19. The van der Waals surface area contributed by atoms with E-state index in [0.29, 0.717) is 70.4 Å². The molecule has 56 heavy (non-hydrogen) atoms. The topological polar surface area (TPSA) is 123 Å². The molecular weight excluding hydrogens is 742 g/mol. The lowest BCUT2D eigenvalue weighted by Gasteiger charge is -2.34. The van der Waals surface area contributed by atoms with Crippen LogP contribution < -0.4 is 9.05 Å². The monoisotopic (exact) mass is 782 g/mol. The first-order valence-electron chi connectivity index (χ1n) is 20.3. The highest BCUT2D eigenvalue weighted by molar-refractivity contribution is 7.47. The molecule has 0 aliphatic heterocycles. The van der Waals surface area contributed by atoms with Crippen molar-refractivity contribution in [1.82, 2.24) is 0 Å². The Labute approximate surface area is 325 Å². The zero-order chi connectivity index (χ0) is 37.6. The molecule has 0 amide bonds. The van der Waals surface area contributed by atoms with E-state index < -0.39 is 15.6 Å². The van der Waals surface area contributed by atoms with Crippen LogP contribution in [0.25, 0.3) is 0 Å². The van der Waals surface area contributed by atoms with Crippen molar-refractivity contribution < 1.29 is 37.4 Å². The quantitative estimate of drug-likeness (QED) is 0.0733. The van der Waals surface area contributed by atoms with Gasteiger partial charge in [0.2, 0.25) is 0 Å².